The van der Waals surface area contributed by atoms with Crippen LogP contribution in [0.1, 0.15) is 6.92 Å². The summed E-state index contributed by atoms with van der Waals surface area (Å²) in [7, 11) is -3.73. The second-order valence-corrected chi connectivity index (χ2v) is 6.29. The second kappa shape index (κ2) is 7.08. The standard InChI is InChI=1S/C13H20N2O5S/c1-2-19-12-4-3-10(14)7-13(12)21(16,17)15-8-11-9-18-5-6-20-11/h3-4,7,11,15H,2,5-6,8-9,14H2,1H3. The molecule has 2 rings (SSSR count). The minimum Gasteiger partial charge on any atom is -0.492 e. The quantitative estimate of drug-likeness (QED) is 0.735. The Kier molecular flexibility index (Phi) is 5.40. The Morgan fingerprint density at radius 2 is 2.24 bits per heavy atom. The molecule has 21 heavy (non-hydrogen) atoms. The third kappa shape index (κ3) is 4.31. The summed E-state index contributed by atoms with van der Waals surface area (Å²) in [5.41, 5.74) is 6.02. The molecular formula is C13H20N2O5S. The monoisotopic (exact) mass is 316 g/mol. The average molecular weight is 316 g/mol. The first kappa shape index (κ1) is 16.0. The highest BCUT2D eigenvalue weighted by atomic mass is 32.2. The Bertz CT molecular complexity index is 570. The van der Waals surface area contributed by atoms with Gasteiger partial charge in [-0.1, -0.05) is 0 Å². The minimum atomic E-state index is -3.73. The summed E-state index contributed by atoms with van der Waals surface area (Å²) in [4.78, 5) is 0.0288. The van der Waals surface area contributed by atoms with E-state index in [4.69, 9.17) is 19.9 Å². The Labute approximate surface area is 124 Å². The number of nitrogen functional groups attached to an aromatic ring is 1. The van der Waals surface area contributed by atoms with Crippen LogP contribution < -0.4 is 15.2 Å². The molecule has 0 spiro atoms. The van der Waals surface area contributed by atoms with Crippen LogP contribution in [0, 0.1) is 0 Å². The Hall–Kier alpha value is -1.35. The summed E-state index contributed by atoms with van der Waals surface area (Å²) in [6, 6.07) is 4.53. The van der Waals surface area contributed by atoms with Crippen molar-refractivity contribution in [3.8, 4) is 5.75 Å². The minimum absolute atomic E-state index is 0.0288. The van der Waals surface area contributed by atoms with E-state index in [1.54, 1.807) is 19.1 Å². The maximum Gasteiger partial charge on any atom is 0.244 e. The van der Waals surface area contributed by atoms with Crippen molar-refractivity contribution >= 4 is 15.7 Å². The number of anilines is 1. The van der Waals surface area contributed by atoms with Crippen molar-refractivity contribution < 1.29 is 22.6 Å². The zero-order chi connectivity index (χ0) is 15.3. The number of ether oxygens (including phenoxy) is 3. The fourth-order valence-electron chi connectivity index (χ4n) is 1.94. The molecule has 0 aromatic heterocycles. The van der Waals surface area contributed by atoms with Gasteiger partial charge in [-0.05, 0) is 25.1 Å². The van der Waals surface area contributed by atoms with Gasteiger partial charge in [-0.3, -0.25) is 0 Å². The van der Waals surface area contributed by atoms with Gasteiger partial charge in [0, 0.05) is 12.2 Å². The number of nitrogens with one attached hydrogen (secondary N) is 1. The molecule has 1 aromatic carbocycles. The van der Waals surface area contributed by atoms with Gasteiger partial charge in [0.05, 0.1) is 32.5 Å². The van der Waals surface area contributed by atoms with E-state index in [2.05, 4.69) is 4.72 Å². The van der Waals surface area contributed by atoms with Crippen molar-refractivity contribution in [2.75, 3.05) is 38.7 Å². The molecule has 0 bridgehead atoms. The second-order valence-electron chi connectivity index (χ2n) is 4.56. The third-order valence-corrected chi connectivity index (χ3v) is 4.39. The van der Waals surface area contributed by atoms with Gasteiger partial charge >= 0.3 is 0 Å². The molecule has 1 aromatic rings. The largest absolute Gasteiger partial charge is 0.492 e. The topological polar surface area (TPSA) is 99.9 Å². The molecule has 0 aliphatic carbocycles. The summed E-state index contributed by atoms with van der Waals surface area (Å²) >= 11 is 0. The normalized spacial score (nSPS) is 19.4. The van der Waals surface area contributed by atoms with Crippen LogP contribution in [-0.4, -0.2) is 47.5 Å². The van der Waals surface area contributed by atoms with Gasteiger partial charge in [-0.2, -0.15) is 0 Å². The van der Waals surface area contributed by atoms with E-state index in [9.17, 15) is 8.42 Å². The van der Waals surface area contributed by atoms with Crippen LogP contribution in [0.15, 0.2) is 23.1 Å². The summed E-state index contributed by atoms with van der Waals surface area (Å²) in [5, 5.41) is 0. The lowest BCUT2D eigenvalue weighted by atomic mass is 10.3. The number of hydrogen-bond acceptors (Lipinski definition) is 6. The smallest absolute Gasteiger partial charge is 0.244 e. The fraction of sp³-hybridized carbons (Fsp3) is 0.538. The van der Waals surface area contributed by atoms with E-state index in [1.807, 2.05) is 0 Å². The maximum atomic E-state index is 12.4. The van der Waals surface area contributed by atoms with Crippen molar-refractivity contribution in [3.63, 3.8) is 0 Å². The highest BCUT2D eigenvalue weighted by molar-refractivity contribution is 7.89. The SMILES string of the molecule is CCOc1ccc(N)cc1S(=O)(=O)NCC1COCCO1. The molecule has 0 amide bonds. The molecule has 8 heteroatoms. The van der Waals surface area contributed by atoms with E-state index in [0.29, 0.717) is 32.1 Å². The number of nitrogens with two attached hydrogens (primary N) is 1. The average Bonchev–Trinajstić information content (AvgIpc) is 2.48. The van der Waals surface area contributed by atoms with Crippen LogP contribution >= 0.6 is 0 Å². The van der Waals surface area contributed by atoms with Crippen molar-refractivity contribution in [2.24, 2.45) is 0 Å². The molecule has 1 unspecified atom stereocenters. The molecule has 1 atom stereocenters. The molecule has 0 saturated carbocycles. The van der Waals surface area contributed by atoms with Gasteiger partial charge in [0.25, 0.3) is 0 Å². The Balaban J connectivity index is 2.12. The molecule has 118 valence electrons. The highest BCUT2D eigenvalue weighted by Gasteiger charge is 2.23. The Morgan fingerprint density at radius 3 is 2.90 bits per heavy atom. The van der Waals surface area contributed by atoms with Crippen molar-refractivity contribution in [1.29, 1.82) is 0 Å². The zero-order valence-corrected chi connectivity index (χ0v) is 12.7. The van der Waals surface area contributed by atoms with Crippen molar-refractivity contribution in [3.05, 3.63) is 18.2 Å². The lowest BCUT2D eigenvalue weighted by Gasteiger charge is -2.23. The molecule has 1 aliphatic heterocycles. The molecular weight excluding hydrogens is 296 g/mol. The van der Waals surface area contributed by atoms with Crippen LogP contribution in [0.25, 0.3) is 0 Å². The van der Waals surface area contributed by atoms with Crippen LogP contribution in [0.4, 0.5) is 5.69 Å². The van der Waals surface area contributed by atoms with Crippen molar-refractivity contribution in [1.82, 2.24) is 4.72 Å². The van der Waals surface area contributed by atoms with E-state index in [0.717, 1.165) is 0 Å². The van der Waals surface area contributed by atoms with Crippen LogP contribution in [0.2, 0.25) is 0 Å². The molecule has 1 aliphatic rings. The van der Waals surface area contributed by atoms with Gasteiger partial charge in [0.15, 0.2) is 0 Å². The lowest BCUT2D eigenvalue weighted by Crippen LogP contribution is -2.39. The summed E-state index contributed by atoms with van der Waals surface area (Å²) in [6.45, 7) is 3.67. The molecule has 0 radical (unpaired) electrons. The first-order chi connectivity index (χ1) is 10.0. The summed E-state index contributed by atoms with van der Waals surface area (Å²) in [6.07, 6.45) is -0.287. The maximum absolute atomic E-state index is 12.4. The summed E-state index contributed by atoms with van der Waals surface area (Å²) in [5.74, 6) is 0.278. The van der Waals surface area contributed by atoms with E-state index in [1.165, 1.54) is 6.07 Å². The van der Waals surface area contributed by atoms with E-state index in [-0.39, 0.29) is 23.3 Å². The molecule has 1 heterocycles. The third-order valence-electron chi connectivity index (χ3n) is 2.94. The predicted molar refractivity (Wildman–Crippen MR) is 77.8 cm³/mol. The van der Waals surface area contributed by atoms with Gasteiger partial charge < -0.3 is 19.9 Å². The van der Waals surface area contributed by atoms with Gasteiger partial charge in [-0.15, -0.1) is 0 Å². The van der Waals surface area contributed by atoms with Gasteiger partial charge in [-0.25, -0.2) is 13.1 Å². The number of benzene rings is 1. The van der Waals surface area contributed by atoms with E-state index >= 15 is 0 Å². The van der Waals surface area contributed by atoms with Crippen LogP contribution in [0.3, 0.4) is 0 Å². The van der Waals surface area contributed by atoms with Gasteiger partial charge in [0.1, 0.15) is 10.6 Å². The molecule has 3 N–H and O–H groups in total. The first-order valence-corrected chi connectivity index (χ1v) is 8.22. The number of sulfonamides is 1. The lowest BCUT2D eigenvalue weighted by molar-refractivity contribution is -0.0846. The summed E-state index contributed by atoms with van der Waals surface area (Å²) < 4.78 is 43.2. The molecule has 1 saturated heterocycles. The Morgan fingerprint density at radius 1 is 1.43 bits per heavy atom. The van der Waals surface area contributed by atoms with Crippen LogP contribution in [-0.2, 0) is 19.5 Å². The highest BCUT2D eigenvalue weighted by Crippen LogP contribution is 2.26. The zero-order valence-electron chi connectivity index (χ0n) is 11.9. The van der Waals surface area contributed by atoms with E-state index < -0.39 is 10.0 Å². The molecule has 1 fully saturated rings. The predicted octanol–water partition coefficient (Wildman–Crippen LogP) is 0.361. The van der Waals surface area contributed by atoms with Crippen molar-refractivity contribution in [2.45, 2.75) is 17.9 Å². The van der Waals surface area contributed by atoms with Gasteiger partial charge in [0.2, 0.25) is 10.0 Å². The first-order valence-electron chi connectivity index (χ1n) is 6.74. The fourth-order valence-corrected chi connectivity index (χ4v) is 3.19. The van der Waals surface area contributed by atoms with Crippen LogP contribution in [0.5, 0.6) is 5.75 Å². The number of rotatable bonds is 6. The number of hydrogen-bond donors (Lipinski definition) is 2. The molecule has 7 nitrogen and oxygen atoms in total.